The SMILES string of the molecule is CC(C)(C)[Si](OC[C@@H]1C[C@H]1[C@@H](O)CCCCO)(c1ccccc1)c1ccccc1. The summed E-state index contributed by atoms with van der Waals surface area (Å²) in [5, 5.41) is 22.0. The molecule has 3 nitrogen and oxygen atoms in total. The van der Waals surface area contributed by atoms with Gasteiger partial charge < -0.3 is 14.6 Å². The lowest BCUT2D eigenvalue weighted by atomic mass is 10.1. The van der Waals surface area contributed by atoms with Gasteiger partial charge in [0.15, 0.2) is 0 Å². The largest absolute Gasteiger partial charge is 0.407 e. The first-order chi connectivity index (χ1) is 13.9. The Morgan fingerprint density at radius 2 is 1.52 bits per heavy atom. The van der Waals surface area contributed by atoms with Crippen LogP contribution in [0.5, 0.6) is 0 Å². The van der Waals surface area contributed by atoms with Crippen LogP contribution in [0.3, 0.4) is 0 Å². The highest BCUT2D eigenvalue weighted by Gasteiger charge is 2.52. The number of unbranched alkanes of at least 4 members (excludes halogenated alkanes) is 1. The third kappa shape index (κ3) is 5.00. The summed E-state index contributed by atoms with van der Waals surface area (Å²) < 4.78 is 6.98. The van der Waals surface area contributed by atoms with Crippen molar-refractivity contribution in [2.24, 2.45) is 11.8 Å². The van der Waals surface area contributed by atoms with E-state index < -0.39 is 8.32 Å². The lowest BCUT2D eigenvalue weighted by molar-refractivity contribution is 0.123. The maximum Gasteiger partial charge on any atom is 0.261 e. The summed E-state index contributed by atoms with van der Waals surface area (Å²) in [5.74, 6) is 0.771. The van der Waals surface area contributed by atoms with Crippen molar-refractivity contribution in [1.29, 1.82) is 0 Å². The van der Waals surface area contributed by atoms with Crippen LogP contribution in [0, 0.1) is 11.8 Å². The van der Waals surface area contributed by atoms with Gasteiger partial charge in [-0.1, -0.05) is 81.4 Å². The molecule has 0 unspecified atom stereocenters. The second kappa shape index (κ2) is 9.56. The number of aliphatic hydroxyl groups is 2. The Balaban J connectivity index is 1.81. The van der Waals surface area contributed by atoms with Gasteiger partial charge in [0.25, 0.3) is 8.32 Å². The fourth-order valence-electron chi connectivity index (χ4n) is 4.61. The second-order valence-electron chi connectivity index (χ2n) is 9.42. The summed E-state index contributed by atoms with van der Waals surface area (Å²) >= 11 is 0. The smallest absolute Gasteiger partial charge is 0.261 e. The lowest BCUT2D eigenvalue weighted by Gasteiger charge is -2.43. The van der Waals surface area contributed by atoms with Crippen molar-refractivity contribution in [2.75, 3.05) is 13.2 Å². The molecule has 0 aromatic heterocycles. The number of hydrogen-bond acceptors (Lipinski definition) is 3. The Hall–Kier alpha value is -1.46. The van der Waals surface area contributed by atoms with E-state index in [0.717, 1.165) is 25.7 Å². The summed E-state index contributed by atoms with van der Waals surface area (Å²) in [6, 6.07) is 21.5. The molecule has 0 heterocycles. The molecule has 2 aromatic rings. The maximum absolute atomic E-state index is 10.5. The van der Waals surface area contributed by atoms with E-state index in [1.165, 1.54) is 10.4 Å². The normalized spacial score (nSPS) is 20.4. The fourth-order valence-corrected chi connectivity index (χ4v) is 9.23. The molecule has 0 saturated heterocycles. The van der Waals surface area contributed by atoms with Crippen LogP contribution in [-0.4, -0.2) is 37.8 Å². The molecule has 2 N–H and O–H groups in total. The van der Waals surface area contributed by atoms with E-state index in [4.69, 9.17) is 9.53 Å². The third-order valence-corrected chi connectivity index (χ3v) is 11.3. The molecule has 2 aromatic carbocycles. The molecule has 1 aliphatic rings. The number of rotatable bonds is 10. The van der Waals surface area contributed by atoms with Crippen LogP contribution in [-0.2, 0) is 4.43 Å². The van der Waals surface area contributed by atoms with Crippen molar-refractivity contribution in [3.63, 3.8) is 0 Å². The summed E-state index contributed by atoms with van der Waals surface area (Å²) in [7, 11) is -2.48. The maximum atomic E-state index is 10.5. The first-order valence-electron chi connectivity index (χ1n) is 10.9. The van der Waals surface area contributed by atoms with E-state index in [-0.39, 0.29) is 17.7 Å². The minimum Gasteiger partial charge on any atom is -0.407 e. The number of hydrogen-bond donors (Lipinski definition) is 2. The van der Waals surface area contributed by atoms with Gasteiger partial charge in [-0.15, -0.1) is 0 Å². The van der Waals surface area contributed by atoms with Gasteiger partial charge in [-0.05, 0) is 52.9 Å². The zero-order chi connectivity index (χ0) is 20.9. The molecule has 1 fully saturated rings. The van der Waals surface area contributed by atoms with Crippen LogP contribution in [0.1, 0.15) is 46.5 Å². The van der Waals surface area contributed by atoms with Crippen molar-refractivity contribution in [3.8, 4) is 0 Å². The molecule has 3 atom stereocenters. The van der Waals surface area contributed by atoms with Gasteiger partial charge in [0.2, 0.25) is 0 Å². The van der Waals surface area contributed by atoms with Crippen LogP contribution in [0.25, 0.3) is 0 Å². The molecule has 0 aliphatic heterocycles. The fraction of sp³-hybridized carbons (Fsp3) is 0.520. The highest BCUT2D eigenvalue weighted by Crippen LogP contribution is 2.45. The quantitative estimate of drug-likeness (QED) is 0.462. The summed E-state index contributed by atoms with van der Waals surface area (Å²) in [4.78, 5) is 0. The van der Waals surface area contributed by atoms with Crippen LogP contribution >= 0.6 is 0 Å². The van der Waals surface area contributed by atoms with Gasteiger partial charge >= 0.3 is 0 Å². The Morgan fingerprint density at radius 3 is 2.00 bits per heavy atom. The number of aliphatic hydroxyl groups excluding tert-OH is 2. The van der Waals surface area contributed by atoms with Crippen molar-refractivity contribution in [3.05, 3.63) is 60.7 Å². The molecule has 3 rings (SSSR count). The molecule has 0 amide bonds. The van der Waals surface area contributed by atoms with Crippen LogP contribution in [0.15, 0.2) is 60.7 Å². The number of benzene rings is 2. The van der Waals surface area contributed by atoms with Crippen LogP contribution in [0.2, 0.25) is 5.04 Å². The molecule has 1 saturated carbocycles. The monoisotopic (exact) mass is 412 g/mol. The zero-order valence-corrected chi connectivity index (χ0v) is 19.1. The summed E-state index contributed by atoms with van der Waals surface area (Å²) in [5.41, 5.74) is 0. The molecular weight excluding hydrogens is 376 g/mol. The molecule has 29 heavy (non-hydrogen) atoms. The van der Waals surface area contributed by atoms with Crippen molar-refractivity contribution >= 4 is 18.7 Å². The van der Waals surface area contributed by atoms with Gasteiger partial charge in [-0.2, -0.15) is 0 Å². The van der Waals surface area contributed by atoms with E-state index in [0.29, 0.717) is 18.4 Å². The first-order valence-corrected chi connectivity index (χ1v) is 12.8. The van der Waals surface area contributed by atoms with Crippen LogP contribution in [0.4, 0.5) is 0 Å². The van der Waals surface area contributed by atoms with Gasteiger partial charge in [0.05, 0.1) is 6.10 Å². The van der Waals surface area contributed by atoms with Crippen LogP contribution < -0.4 is 10.4 Å². The zero-order valence-electron chi connectivity index (χ0n) is 18.1. The topological polar surface area (TPSA) is 49.7 Å². The van der Waals surface area contributed by atoms with Gasteiger partial charge in [0.1, 0.15) is 0 Å². The molecule has 4 heteroatoms. The Morgan fingerprint density at radius 1 is 0.966 bits per heavy atom. The Bertz CT molecular complexity index is 702. The average molecular weight is 413 g/mol. The van der Waals surface area contributed by atoms with E-state index in [9.17, 15) is 5.11 Å². The standard InChI is InChI=1S/C25H36O3Si/c1-25(2,3)29(21-12-6-4-7-13-21,22-14-8-5-9-15-22)28-19-20-18-23(20)24(27)16-10-11-17-26/h4-9,12-15,20,23-24,26-27H,10-11,16-19H2,1-3H3/t20-,23+,24-/m0/s1. The second-order valence-corrected chi connectivity index (χ2v) is 13.7. The molecule has 0 radical (unpaired) electrons. The van der Waals surface area contributed by atoms with E-state index in [1.807, 2.05) is 0 Å². The third-order valence-electron chi connectivity index (χ3n) is 6.31. The van der Waals surface area contributed by atoms with Crippen molar-refractivity contribution < 1.29 is 14.6 Å². The summed E-state index contributed by atoms with van der Waals surface area (Å²) in [6.07, 6.45) is 3.21. The highest BCUT2D eigenvalue weighted by molar-refractivity contribution is 6.99. The molecule has 158 valence electrons. The molecule has 0 bridgehead atoms. The first kappa shape index (κ1) is 22.2. The average Bonchev–Trinajstić information content (AvgIpc) is 3.49. The van der Waals surface area contributed by atoms with Gasteiger partial charge in [-0.3, -0.25) is 0 Å². The molecule has 0 spiro atoms. The predicted octanol–water partition coefficient (Wildman–Crippen LogP) is 3.72. The molecular formula is C25H36O3Si. The van der Waals surface area contributed by atoms with Crippen molar-refractivity contribution in [1.82, 2.24) is 0 Å². The minimum absolute atomic E-state index is 0.0141. The van der Waals surface area contributed by atoms with Crippen molar-refractivity contribution in [2.45, 2.75) is 57.6 Å². The Labute approximate surface area is 176 Å². The van der Waals surface area contributed by atoms with E-state index in [2.05, 4.69) is 81.4 Å². The summed E-state index contributed by atoms with van der Waals surface area (Å²) in [6.45, 7) is 7.81. The van der Waals surface area contributed by atoms with E-state index in [1.54, 1.807) is 0 Å². The predicted molar refractivity (Wildman–Crippen MR) is 122 cm³/mol. The lowest BCUT2D eigenvalue weighted by Crippen LogP contribution is -2.66. The van der Waals surface area contributed by atoms with Gasteiger partial charge in [0, 0.05) is 13.2 Å². The highest BCUT2D eigenvalue weighted by atomic mass is 28.4. The van der Waals surface area contributed by atoms with Gasteiger partial charge in [-0.25, -0.2) is 0 Å². The minimum atomic E-state index is -2.48. The Kier molecular flexibility index (Phi) is 7.33. The molecule has 1 aliphatic carbocycles. The van der Waals surface area contributed by atoms with E-state index >= 15 is 0 Å².